The van der Waals surface area contributed by atoms with Gasteiger partial charge in [-0.15, -0.1) is 0 Å². The molecule has 0 aliphatic carbocycles. The Kier molecular flexibility index (Phi) is 10.1. The molecule has 3 rings (SSSR count). The van der Waals surface area contributed by atoms with Crippen LogP contribution in [0.5, 0.6) is 0 Å². The molecule has 16 nitrogen and oxygen atoms in total. The zero-order valence-corrected chi connectivity index (χ0v) is 18.7. The van der Waals surface area contributed by atoms with Gasteiger partial charge < -0.3 is 79.5 Å². The van der Waals surface area contributed by atoms with Crippen LogP contribution in [0.1, 0.15) is 0 Å². The summed E-state index contributed by atoms with van der Waals surface area (Å²) in [7, 11) is 1.19. The number of aliphatic hydroxyl groups is 10. The molecule has 16 heteroatoms. The fourth-order valence-electron chi connectivity index (χ4n) is 4.19. The number of hydrogen-bond acceptors (Lipinski definition) is 16. The van der Waals surface area contributed by atoms with Gasteiger partial charge in [0, 0.05) is 7.11 Å². The van der Waals surface area contributed by atoms with Crippen LogP contribution in [0.15, 0.2) is 0 Å². The van der Waals surface area contributed by atoms with E-state index in [1.807, 2.05) is 0 Å². The molecule has 10 N–H and O–H groups in total. The maximum absolute atomic E-state index is 10.7. The summed E-state index contributed by atoms with van der Waals surface area (Å²) in [5.74, 6) is 0. The van der Waals surface area contributed by atoms with Crippen LogP contribution in [0.3, 0.4) is 0 Å². The molecule has 3 aliphatic heterocycles. The van der Waals surface area contributed by atoms with Gasteiger partial charge in [-0.3, -0.25) is 0 Å². The lowest BCUT2D eigenvalue weighted by Crippen LogP contribution is -2.67. The predicted octanol–water partition coefficient (Wildman–Crippen LogP) is -6.92. The van der Waals surface area contributed by atoms with Gasteiger partial charge in [0.05, 0.1) is 19.8 Å². The van der Waals surface area contributed by atoms with Crippen molar-refractivity contribution >= 4 is 0 Å². The second-order valence-corrected chi connectivity index (χ2v) is 8.55. The van der Waals surface area contributed by atoms with Crippen molar-refractivity contribution in [1.29, 1.82) is 0 Å². The Balaban J connectivity index is 1.84. The first kappa shape index (κ1) is 28.9. The third-order valence-corrected chi connectivity index (χ3v) is 6.31. The molecule has 0 unspecified atom stereocenters. The lowest BCUT2D eigenvalue weighted by Gasteiger charge is -2.48. The highest BCUT2D eigenvalue weighted by Gasteiger charge is 2.53. The second kappa shape index (κ2) is 12.3. The quantitative estimate of drug-likeness (QED) is 0.143. The average molecular weight is 518 g/mol. The van der Waals surface area contributed by atoms with Gasteiger partial charge in [0.2, 0.25) is 0 Å². The van der Waals surface area contributed by atoms with E-state index >= 15 is 0 Å². The van der Waals surface area contributed by atoms with E-state index < -0.39 is 112 Å². The number of rotatable bonds is 8. The third kappa shape index (κ3) is 5.78. The van der Waals surface area contributed by atoms with Crippen LogP contribution in [0.4, 0.5) is 0 Å². The molecule has 35 heavy (non-hydrogen) atoms. The summed E-state index contributed by atoms with van der Waals surface area (Å²) in [6, 6.07) is 0. The molecule has 3 aliphatic rings. The zero-order chi connectivity index (χ0) is 26.0. The first-order valence-electron chi connectivity index (χ1n) is 11.0. The molecular formula is C19H34O16. The minimum atomic E-state index is -1.86. The topological polar surface area (TPSA) is 258 Å². The Morgan fingerprint density at radius 1 is 0.486 bits per heavy atom. The molecular weight excluding hydrogens is 484 g/mol. The number of hydrogen-bond donors (Lipinski definition) is 10. The molecule has 3 fully saturated rings. The Morgan fingerprint density at radius 3 is 1.31 bits per heavy atom. The van der Waals surface area contributed by atoms with Crippen LogP contribution in [-0.2, 0) is 28.4 Å². The highest BCUT2D eigenvalue weighted by Crippen LogP contribution is 2.33. The van der Waals surface area contributed by atoms with Crippen molar-refractivity contribution in [3.05, 3.63) is 0 Å². The van der Waals surface area contributed by atoms with Crippen LogP contribution in [0.2, 0.25) is 0 Å². The van der Waals surface area contributed by atoms with Crippen molar-refractivity contribution in [2.45, 2.75) is 92.1 Å². The first-order valence-corrected chi connectivity index (χ1v) is 11.0. The maximum atomic E-state index is 10.7. The van der Waals surface area contributed by atoms with Gasteiger partial charge in [0.25, 0.3) is 0 Å². The van der Waals surface area contributed by atoms with Gasteiger partial charge >= 0.3 is 0 Å². The van der Waals surface area contributed by atoms with Crippen LogP contribution in [0.25, 0.3) is 0 Å². The molecule has 0 spiro atoms. The summed E-state index contributed by atoms with van der Waals surface area (Å²) >= 11 is 0. The molecule has 3 heterocycles. The van der Waals surface area contributed by atoms with Crippen LogP contribution >= 0.6 is 0 Å². The van der Waals surface area contributed by atoms with Crippen molar-refractivity contribution in [2.24, 2.45) is 0 Å². The monoisotopic (exact) mass is 518 g/mol. The average Bonchev–Trinajstić information content (AvgIpc) is 2.86. The van der Waals surface area contributed by atoms with Crippen molar-refractivity contribution in [1.82, 2.24) is 0 Å². The lowest BCUT2D eigenvalue weighted by molar-refractivity contribution is -0.392. The van der Waals surface area contributed by atoms with E-state index in [1.165, 1.54) is 7.11 Å². The van der Waals surface area contributed by atoms with Crippen molar-refractivity contribution in [3.8, 4) is 0 Å². The largest absolute Gasteiger partial charge is 0.394 e. The lowest BCUT2D eigenvalue weighted by atomic mass is 9.96. The molecule has 0 aromatic carbocycles. The zero-order valence-electron chi connectivity index (χ0n) is 18.7. The minimum absolute atomic E-state index is 0.648. The fourth-order valence-corrected chi connectivity index (χ4v) is 4.19. The van der Waals surface area contributed by atoms with E-state index in [1.54, 1.807) is 0 Å². The summed E-state index contributed by atoms with van der Waals surface area (Å²) in [4.78, 5) is 0. The van der Waals surface area contributed by atoms with E-state index in [-0.39, 0.29) is 0 Å². The Bertz CT molecular complexity index is 652. The molecule has 0 saturated carbocycles. The standard InChI is InChI=1S/C19H34O16/c1-30-18-15(12(27)9(24)6(3-21)32-18)35-19-16(13(28)10(25)7(4-22)33-19)34-17-14(29)11(26)8(23)5(2-20)31-17/h5-29H,2-4H2,1H3/t5-,6-,7-,8-,9-,10-,11+,12+,13+,14+,15+,16+,17-,18+,19-/m1/s1. The van der Waals surface area contributed by atoms with Gasteiger partial charge in [0.15, 0.2) is 18.9 Å². The molecule has 0 bridgehead atoms. The molecule has 206 valence electrons. The van der Waals surface area contributed by atoms with E-state index in [0.29, 0.717) is 0 Å². The Hall–Kier alpha value is -0.640. The van der Waals surface area contributed by atoms with Gasteiger partial charge in [-0.25, -0.2) is 0 Å². The molecule has 0 aromatic heterocycles. The van der Waals surface area contributed by atoms with Crippen LogP contribution in [-0.4, -0.2) is 170 Å². The fraction of sp³-hybridized carbons (Fsp3) is 1.00. The highest BCUT2D eigenvalue weighted by molar-refractivity contribution is 4.96. The summed E-state index contributed by atoms with van der Waals surface area (Å²) in [6.45, 7) is -2.17. The van der Waals surface area contributed by atoms with Gasteiger partial charge in [-0.1, -0.05) is 0 Å². The van der Waals surface area contributed by atoms with E-state index in [0.717, 1.165) is 0 Å². The smallest absolute Gasteiger partial charge is 0.187 e. The number of ether oxygens (including phenoxy) is 6. The third-order valence-electron chi connectivity index (χ3n) is 6.31. The van der Waals surface area contributed by atoms with E-state index in [9.17, 15) is 51.1 Å². The normalized spacial score (nSPS) is 51.3. The van der Waals surface area contributed by atoms with Gasteiger partial charge in [0.1, 0.15) is 73.2 Å². The molecule has 15 atom stereocenters. The van der Waals surface area contributed by atoms with Crippen molar-refractivity contribution < 1.29 is 79.5 Å². The second-order valence-electron chi connectivity index (χ2n) is 8.55. The van der Waals surface area contributed by atoms with Crippen molar-refractivity contribution in [2.75, 3.05) is 26.9 Å². The summed E-state index contributed by atoms with van der Waals surface area (Å²) < 4.78 is 32.4. The molecule has 3 saturated heterocycles. The Labute approximate surface area is 199 Å². The maximum Gasteiger partial charge on any atom is 0.187 e. The molecule has 0 aromatic rings. The summed E-state index contributed by atoms with van der Waals surface area (Å²) in [5.41, 5.74) is 0. The number of aliphatic hydroxyl groups excluding tert-OH is 10. The highest BCUT2D eigenvalue weighted by atomic mass is 16.8. The summed E-state index contributed by atoms with van der Waals surface area (Å²) in [5, 5.41) is 100. The van der Waals surface area contributed by atoms with E-state index in [4.69, 9.17) is 28.4 Å². The van der Waals surface area contributed by atoms with E-state index in [2.05, 4.69) is 0 Å². The minimum Gasteiger partial charge on any atom is -0.394 e. The van der Waals surface area contributed by atoms with Crippen molar-refractivity contribution in [3.63, 3.8) is 0 Å². The van der Waals surface area contributed by atoms with Crippen LogP contribution in [0, 0.1) is 0 Å². The molecule has 0 amide bonds. The number of methoxy groups -OCH3 is 1. The summed E-state index contributed by atoms with van der Waals surface area (Å²) in [6.07, 6.45) is -24.2. The molecule has 0 radical (unpaired) electrons. The van der Waals surface area contributed by atoms with Gasteiger partial charge in [-0.05, 0) is 0 Å². The predicted molar refractivity (Wildman–Crippen MR) is 106 cm³/mol. The van der Waals surface area contributed by atoms with Gasteiger partial charge in [-0.2, -0.15) is 0 Å². The Morgan fingerprint density at radius 2 is 0.857 bits per heavy atom. The SMILES string of the molecule is CO[C@H]1O[C@H](CO)[C@@H](O)[C@H](O)[C@@H]1O[C@H]1O[C@H](CO)[C@@H](O)[C@H](O)[C@@H]1O[C@H]1O[C@H](CO)[C@@H](O)[C@H](O)[C@@H]1O. The van der Waals surface area contributed by atoms with Crippen LogP contribution < -0.4 is 0 Å². The first-order chi connectivity index (χ1) is 16.6.